The fourth-order valence-corrected chi connectivity index (χ4v) is 1.71. The summed E-state index contributed by atoms with van der Waals surface area (Å²) in [6.45, 7) is 2.16. The molecule has 2 aromatic rings. The van der Waals surface area contributed by atoms with E-state index in [9.17, 15) is 13.2 Å². The molecule has 0 fully saturated rings. The number of nitrogens with zero attached hydrogens (tertiary/aromatic N) is 2. The number of aromatic nitrogens is 2. The molecule has 2 N–H and O–H groups in total. The molecule has 1 heterocycles. The quantitative estimate of drug-likeness (QED) is 0.907. The van der Waals surface area contributed by atoms with Crippen LogP contribution in [0.3, 0.4) is 0 Å². The minimum absolute atomic E-state index is 0.0481. The Morgan fingerprint density at radius 2 is 2.15 bits per heavy atom. The Labute approximate surface area is 113 Å². The number of hydrogen-bond acceptors (Lipinski definition) is 3. The first-order valence-corrected chi connectivity index (χ1v) is 5.76. The third-order valence-electron chi connectivity index (χ3n) is 2.85. The van der Waals surface area contributed by atoms with Gasteiger partial charge in [0, 0.05) is 5.69 Å². The van der Waals surface area contributed by atoms with Gasteiger partial charge in [-0.3, -0.25) is 0 Å². The second-order valence-corrected chi connectivity index (χ2v) is 4.20. The van der Waals surface area contributed by atoms with Crippen molar-refractivity contribution in [3.05, 3.63) is 47.0 Å². The molecule has 0 saturated carbocycles. The third-order valence-corrected chi connectivity index (χ3v) is 2.85. The number of H-pyrrole nitrogens is 1. The van der Waals surface area contributed by atoms with Gasteiger partial charge in [-0.05, 0) is 25.1 Å². The summed E-state index contributed by atoms with van der Waals surface area (Å²) >= 11 is 0. The second kappa shape index (κ2) is 5.25. The Balaban J connectivity index is 2.21. The number of rotatable bonds is 3. The Bertz CT molecular complexity index is 652. The minimum Gasteiger partial charge on any atom is -0.378 e. The van der Waals surface area contributed by atoms with E-state index in [1.165, 1.54) is 12.4 Å². The van der Waals surface area contributed by atoms with Gasteiger partial charge in [0.25, 0.3) is 0 Å². The number of anilines is 1. The van der Waals surface area contributed by atoms with Gasteiger partial charge in [-0.1, -0.05) is 0 Å². The van der Waals surface area contributed by atoms with Gasteiger partial charge >= 0.3 is 6.18 Å². The molecule has 0 radical (unpaired) electrons. The highest BCUT2D eigenvalue weighted by Gasteiger charge is 2.31. The van der Waals surface area contributed by atoms with Gasteiger partial charge in [0.05, 0.1) is 35.4 Å². The molecule has 0 amide bonds. The summed E-state index contributed by atoms with van der Waals surface area (Å²) in [6.07, 6.45) is -2.92. The zero-order valence-electron chi connectivity index (χ0n) is 10.5. The number of alkyl halides is 3. The summed E-state index contributed by atoms with van der Waals surface area (Å²) < 4.78 is 37.7. The molecular formula is C13H11F3N4. The molecule has 0 aliphatic heterocycles. The summed E-state index contributed by atoms with van der Waals surface area (Å²) in [4.78, 5) is 6.96. The fourth-order valence-electron chi connectivity index (χ4n) is 1.71. The molecule has 0 spiro atoms. The third kappa shape index (κ3) is 2.91. The van der Waals surface area contributed by atoms with Crippen LogP contribution >= 0.6 is 0 Å². The van der Waals surface area contributed by atoms with Crippen LogP contribution in [-0.2, 0) is 12.7 Å². The molecule has 0 aliphatic rings. The molecule has 0 unspecified atom stereocenters. The number of nitrogens with one attached hydrogen (secondary N) is 2. The monoisotopic (exact) mass is 280 g/mol. The van der Waals surface area contributed by atoms with E-state index in [2.05, 4.69) is 15.3 Å². The highest BCUT2D eigenvalue weighted by molar-refractivity contribution is 5.59. The Morgan fingerprint density at radius 1 is 1.40 bits per heavy atom. The molecule has 0 atom stereocenters. The van der Waals surface area contributed by atoms with Gasteiger partial charge in [0.15, 0.2) is 0 Å². The van der Waals surface area contributed by atoms with Crippen molar-refractivity contribution in [3.8, 4) is 6.07 Å². The van der Waals surface area contributed by atoms with E-state index in [0.717, 1.165) is 23.5 Å². The molecule has 0 saturated heterocycles. The van der Waals surface area contributed by atoms with E-state index in [1.54, 1.807) is 6.07 Å². The predicted molar refractivity (Wildman–Crippen MR) is 66.8 cm³/mol. The van der Waals surface area contributed by atoms with Gasteiger partial charge in [-0.15, -0.1) is 0 Å². The molecule has 1 aromatic heterocycles. The lowest BCUT2D eigenvalue weighted by Crippen LogP contribution is -2.07. The molecule has 0 bridgehead atoms. The molecule has 4 nitrogen and oxygen atoms in total. The number of hydrogen-bond donors (Lipinski definition) is 2. The van der Waals surface area contributed by atoms with Crippen LogP contribution in [0.1, 0.15) is 22.5 Å². The van der Waals surface area contributed by atoms with E-state index in [4.69, 9.17) is 5.26 Å². The van der Waals surface area contributed by atoms with Crippen LogP contribution in [-0.4, -0.2) is 9.97 Å². The van der Waals surface area contributed by atoms with Gasteiger partial charge in [0.1, 0.15) is 6.07 Å². The number of aromatic amines is 1. The summed E-state index contributed by atoms with van der Waals surface area (Å²) in [5, 5.41) is 11.9. The average Bonchev–Trinajstić information content (AvgIpc) is 2.80. The van der Waals surface area contributed by atoms with E-state index >= 15 is 0 Å². The molecule has 20 heavy (non-hydrogen) atoms. The summed E-state index contributed by atoms with van der Waals surface area (Å²) in [5.74, 6) is 0. The number of imidazole rings is 1. The number of benzene rings is 1. The van der Waals surface area contributed by atoms with Gasteiger partial charge in [0.2, 0.25) is 0 Å². The summed E-state index contributed by atoms with van der Waals surface area (Å²) in [6, 6.07) is 4.79. The molecule has 2 rings (SSSR count). The smallest absolute Gasteiger partial charge is 0.378 e. The van der Waals surface area contributed by atoms with Crippen LogP contribution in [0, 0.1) is 18.3 Å². The van der Waals surface area contributed by atoms with E-state index in [1.807, 2.05) is 6.92 Å². The van der Waals surface area contributed by atoms with Gasteiger partial charge in [-0.2, -0.15) is 18.4 Å². The first kappa shape index (κ1) is 13.9. The topological polar surface area (TPSA) is 64.5 Å². The van der Waals surface area contributed by atoms with Crippen LogP contribution in [0.4, 0.5) is 18.9 Å². The highest BCUT2D eigenvalue weighted by atomic mass is 19.4. The Hall–Kier alpha value is -2.49. The van der Waals surface area contributed by atoms with Crippen molar-refractivity contribution in [1.82, 2.24) is 9.97 Å². The van der Waals surface area contributed by atoms with E-state index in [-0.39, 0.29) is 5.56 Å². The lowest BCUT2D eigenvalue weighted by Gasteiger charge is -2.11. The molecule has 7 heteroatoms. The Kier molecular flexibility index (Phi) is 3.66. The normalized spacial score (nSPS) is 11.2. The van der Waals surface area contributed by atoms with Crippen molar-refractivity contribution in [1.29, 1.82) is 5.26 Å². The van der Waals surface area contributed by atoms with Crippen LogP contribution in [0.25, 0.3) is 0 Å². The number of nitriles is 1. The van der Waals surface area contributed by atoms with Crippen molar-refractivity contribution in [2.75, 3.05) is 5.32 Å². The standard InChI is InChI=1S/C13H11F3N4/c1-8-12(20-7-19-8)6-18-11-3-2-10(13(14,15)16)4-9(11)5-17/h2-4,7,18H,6H2,1H3,(H,19,20). The number of halogens is 3. The lowest BCUT2D eigenvalue weighted by molar-refractivity contribution is -0.137. The molecule has 0 aliphatic carbocycles. The van der Waals surface area contributed by atoms with Crippen LogP contribution in [0.2, 0.25) is 0 Å². The van der Waals surface area contributed by atoms with E-state index in [0.29, 0.717) is 12.2 Å². The maximum Gasteiger partial charge on any atom is 0.416 e. The lowest BCUT2D eigenvalue weighted by atomic mass is 10.1. The van der Waals surface area contributed by atoms with Crippen LogP contribution in [0.15, 0.2) is 24.5 Å². The molecule has 104 valence electrons. The SMILES string of the molecule is Cc1[nH]cnc1CNc1ccc(C(F)(F)F)cc1C#N. The maximum absolute atomic E-state index is 12.6. The fraction of sp³-hybridized carbons (Fsp3) is 0.231. The molecule has 1 aromatic carbocycles. The van der Waals surface area contributed by atoms with Crippen molar-refractivity contribution < 1.29 is 13.2 Å². The zero-order chi connectivity index (χ0) is 14.8. The van der Waals surface area contributed by atoms with Crippen LogP contribution in [0.5, 0.6) is 0 Å². The van der Waals surface area contributed by atoms with Gasteiger partial charge < -0.3 is 10.3 Å². The first-order valence-electron chi connectivity index (χ1n) is 5.76. The van der Waals surface area contributed by atoms with Crippen LogP contribution < -0.4 is 5.32 Å². The van der Waals surface area contributed by atoms with Gasteiger partial charge in [-0.25, -0.2) is 4.98 Å². The maximum atomic E-state index is 12.6. The first-order chi connectivity index (χ1) is 9.41. The zero-order valence-corrected chi connectivity index (χ0v) is 10.5. The minimum atomic E-state index is -4.46. The van der Waals surface area contributed by atoms with Crippen molar-refractivity contribution in [3.63, 3.8) is 0 Å². The van der Waals surface area contributed by atoms with Crippen molar-refractivity contribution in [2.24, 2.45) is 0 Å². The highest BCUT2D eigenvalue weighted by Crippen LogP contribution is 2.31. The average molecular weight is 280 g/mol. The predicted octanol–water partition coefficient (Wildman–Crippen LogP) is 3.22. The second-order valence-electron chi connectivity index (χ2n) is 4.20. The molecular weight excluding hydrogens is 269 g/mol. The van der Waals surface area contributed by atoms with Crippen molar-refractivity contribution >= 4 is 5.69 Å². The van der Waals surface area contributed by atoms with E-state index < -0.39 is 11.7 Å². The van der Waals surface area contributed by atoms with Crippen molar-refractivity contribution in [2.45, 2.75) is 19.6 Å². The summed E-state index contributed by atoms with van der Waals surface area (Å²) in [5.41, 5.74) is 1.07. The largest absolute Gasteiger partial charge is 0.416 e. The summed E-state index contributed by atoms with van der Waals surface area (Å²) in [7, 11) is 0. The number of aryl methyl sites for hydroxylation is 1. The Morgan fingerprint density at radius 3 is 2.70 bits per heavy atom.